The second-order valence-electron chi connectivity index (χ2n) is 8.09. The van der Waals surface area contributed by atoms with E-state index in [-0.39, 0.29) is 23.3 Å². The zero-order valence-electron chi connectivity index (χ0n) is 16.7. The third-order valence-corrected chi connectivity index (χ3v) is 6.43. The van der Waals surface area contributed by atoms with Crippen LogP contribution < -0.4 is 10.9 Å². The molecule has 2 aromatic rings. The molecule has 28 heavy (non-hydrogen) atoms. The summed E-state index contributed by atoms with van der Waals surface area (Å²) in [5, 5.41) is 4.83. The molecule has 1 aliphatic carbocycles. The minimum atomic E-state index is -0.0841. The van der Waals surface area contributed by atoms with Gasteiger partial charge in [-0.15, -0.1) is 0 Å². The minimum absolute atomic E-state index is 0.000266. The summed E-state index contributed by atoms with van der Waals surface area (Å²) < 4.78 is 1.68. The van der Waals surface area contributed by atoms with Gasteiger partial charge in [-0.3, -0.25) is 14.2 Å². The van der Waals surface area contributed by atoms with Gasteiger partial charge in [-0.1, -0.05) is 57.0 Å². The van der Waals surface area contributed by atoms with Crippen molar-refractivity contribution in [3.8, 4) is 0 Å². The number of amides is 1. The second kappa shape index (κ2) is 9.31. The molecule has 1 fully saturated rings. The van der Waals surface area contributed by atoms with Crippen molar-refractivity contribution in [2.24, 2.45) is 11.8 Å². The number of hydrogen-bond acceptors (Lipinski definition) is 4. The number of nitrogens with zero attached hydrogens (tertiary/aromatic N) is 2. The molecule has 5 nitrogen and oxygen atoms in total. The summed E-state index contributed by atoms with van der Waals surface area (Å²) in [6, 6.07) is 5.38. The SMILES string of the molecule is CC(C)Cn1c(SCC(=O)N[C@H]2CCCC[C@@H]2C)nc2cc(Cl)ccc2c1=O. The first-order chi connectivity index (χ1) is 13.3. The molecule has 1 aliphatic rings. The van der Waals surface area contributed by atoms with Crippen molar-refractivity contribution in [3.63, 3.8) is 0 Å². The van der Waals surface area contributed by atoms with Crippen LogP contribution >= 0.6 is 23.4 Å². The van der Waals surface area contributed by atoms with Gasteiger partial charge < -0.3 is 5.32 Å². The van der Waals surface area contributed by atoms with Crippen LogP contribution in [0.2, 0.25) is 5.02 Å². The lowest BCUT2D eigenvalue weighted by Gasteiger charge is -2.29. The molecule has 0 unspecified atom stereocenters. The average Bonchev–Trinajstić information content (AvgIpc) is 2.64. The van der Waals surface area contributed by atoms with Crippen molar-refractivity contribution in [2.75, 3.05) is 5.75 Å². The summed E-state index contributed by atoms with van der Waals surface area (Å²) in [5.41, 5.74) is 0.487. The van der Waals surface area contributed by atoms with Crippen molar-refractivity contribution in [3.05, 3.63) is 33.6 Å². The zero-order valence-corrected chi connectivity index (χ0v) is 18.3. The highest BCUT2D eigenvalue weighted by atomic mass is 35.5. The summed E-state index contributed by atoms with van der Waals surface area (Å²) in [6.45, 7) is 6.88. The molecule has 0 radical (unpaired) electrons. The average molecular weight is 422 g/mol. The maximum absolute atomic E-state index is 13.0. The first-order valence-electron chi connectivity index (χ1n) is 9.97. The summed E-state index contributed by atoms with van der Waals surface area (Å²) in [5.74, 6) is 1.06. The van der Waals surface area contributed by atoms with Crippen LogP contribution in [0, 0.1) is 11.8 Å². The van der Waals surface area contributed by atoms with Crippen molar-refractivity contribution >= 4 is 40.2 Å². The van der Waals surface area contributed by atoms with E-state index in [4.69, 9.17) is 11.6 Å². The first-order valence-corrected chi connectivity index (χ1v) is 11.3. The molecule has 2 atom stereocenters. The Bertz CT molecular complexity index is 912. The minimum Gasteiger partial charge on any atom is -0.352 e. The van der Waals surface area contributed by atoms with Gasteiger partial charge in [-0.25, -0.2) is 4.98 Å². The fraction of sp³-hybridized carbons (Fsp3) is 0.571. The Morgan fingerprint density at radius 1 is 1.36 bits per heavy atom. The van der Waals surface area contributed by atoms with Gasteiger partial charge in [0.25, 0.3) is 5.56 Å². The Kier molecular flexibility index (Phi) is 7.05. The van der Waals surface area contributed by atoms with Crippen LogP contribution in [-0.2, 0) is 11.3 Å². The Labute approximate surface area is 175 Å². The van der Waals surface area contributed by atoms with Crippen LogP contribution in [-0.4, -0.2) is 27.3 Å². The van der Waals surface area contributed by atoms with Crippen molar-refractivity contribution in [1.82, 2.24) is 14.9 Å². The van der Waals surface area contributed by atoms with Crippen LogP contribution in [0.25, 0.3) is 10.9 Å². The predicted molar refractivity (Wildman–Crippen MR) is 116 cm³/mol. The topological polar surface area (TPSA) is 64.0 Å². The number of halogens is 1. The molecule has 1 heterocycles. The maximum atomic E-state index is 13.0. The Morgan fingerprint density at radius 2 is 2.11 bits per heavy atom. The van der Waals surface area contributed by atoms with E-state index in [9.17, 15) is 9.59 Å². The fourth-order valence-electron chi connectivity index (χ4n) is 3.72. The molecule has 1 amide bonds. The second-order valence-corrected chi connectivity index (χ2v) is 9.47. The number of aromatic nitrogens is 2. The van der Waals surface area contributed by atoms with Crippen molar-refractivity contribution in [2.45, 2.75) is 64.2 Å². The van der Waals surface area contributed by atoms with Crippen LogP contribution in [0.4, 0.5) is 0 Å². The third kappa shape index (κ3) is 5.09. The molecule has 7 heteroatoms. The lowest BCUT2D eigenvalue weighted by atomic mass is 9.86. The number of carbonyl (C=O) groups excluding carboxylic acids is 1. The van der Waals surface area contributed by atoms with Gasteiger partial charge in [0.05, 0.1) is 16.7 Å². The summed E-state index contributed by atoms with van der Waals surface area (Å²) in [4.78, 5) is 30.1. The third-order valence-electron chi connectivity index (χ3n) is 5.22. The zero-order chi connectivity index (χ0) is 20.3. The molecular weight excluding hydrogens is 394 g/mol. The monoisotopic (exact) mass is 421 g/mol. The van der Waals surface area contributed by atoms with E-state index in [0.717, 1.165) is 6.42 Å². The van der Waals surface area contributed by atoms with Gasteiger partial charge in [0.2, 0.25) is 5.91 Å². The normalized spacial score (nSPS) is 19.9. The van der Waals surface area contributed by atoms with E-state index in [1.54, 1.807) is 22.8 Å². The van der Waals surface area contributed by atoms with E-state index in [2.05, 4.69) is 31.1 Å². The lowest BCUT2D eigenvalue weighted by Crippen LogP contribution is -2.42. The van der Waals surface area contributed by atoms with Gasteiger partial charge in [0, 0.05) is 17.6 Å². The van der Waals surface area contributed by atoms with Gasteiger partial charge in [-0.05, 0) is 42.9 Å². The Balaban J connectivity index is 1.80. The van der Waals surface area contributed by atoms with Gasteiger partial charge in [-0.2, -0.15) is 0 Å². The van der Waals surface area contributed by atoms with Gasteiger partial charge in [0.1, 0.15) is 0 Å². The van der Waals surface area contributed by atoms with Crippen LogP contribution in [0.1, 0.15) is 46.5 Å². The standard InChI is InChI=1S/C21H28ClN3O2S/c1-13(2)11-25-20(27)16-9-8-15(22)10-18(16)24-21(25)28-12-19(26)23-17-7-5-4-6-14(17)3/h8-10,13-14,17H,4-7,11-12H2,1-3H3,(H,23,26)/t14-,17-/m0/s1. The maximum Gasteiger partial charge on any atom is 0.262 e. The van der Waals surface area contributed by atoms with Gasteiger partial charge >= 0.3 is 0 Å². The Morgan fingerprint density at radius 3 is 2.82 bits per heavy atom. The molecule has 1 aromatic carbocycles. The van der Waals surface area contributed by atoms with E-state index in [1.807, 2.05) is 0 Å². The molecule has 3 rings (SSSR count). The highest BCUT2D eigenvalue weighted by molar-refractivity contribution is 7.99. The van der Waals surface area contributed by atoms with Crippen LogP contribution in [0.15, 0.2) is 28.2 Å². The number of benzene rings is 1. The van der Waals surface area contributed by atoms with Crippen molar-refractivity contribution < 1.29 is 4.79 Å². The van der Waals surface area contributed by atoms with E-state index in [1.165, 1.54) is 31.0 Å². The van der Waals surface area contributed by atoms with E-state index in [0.29, 0.717) is 39.5 Å². The quantitative estimate of drug-likeness (QED) is 0.551. The van der Waals surface area contributed by atoms with Crippen molar-refractivity contribution in [1.29, 1.82) is 0 Å². The summed E-state index contributed by atoms with van der Waals surface area (Å²) in [6.07, 6.45) is 4.62. The molecule has 0 saturated heterocycles. The fourth-order valence-corrected chi connectivity index (χ4v) is 4.71. The number of carbonyl (C=O) groups is 1. The van der Waals surface area contributed by atoms with Gasteiger partial charge in [0.15, 0.2) is 5.16 Å². The predicted octanol–water partition coefficient (Wildman–Crippen LogP) is 4.49. The number of rotatable bonds is 6. The number of fused-ring (bicyclic) bond motifs is 1. The van der Waals surface area contributed by atoms with Crippen LogP contribution in [0.3, 0.4) is 0 Å². The molecule has 0 bridgehead atoms. The highest BCUT2D eigenvalue weighted by Crippen LogP contribution is 2.25. The number of thioether (sulfide) groups is 1. The largest absolute Gasteiger partial charge is 0.352 e. The first kappa shape index (κ1) is 21.2. The number of hydrogen-bond donors (Lipinski definition) is 1. The van der Waals surface area contributed by atoms with Crippen LogP contribution in [0.5, 0.6) is 0 Å². The molecule has 0 aliphatic heterocycles. The highest BCUT2D eigenvalue weighted by Gasteiger charge is 2.23. The van der Waals surface area contributed by atoms with E-state index < -0.39 is 0 Å². The summed E-state index contributed by atoms with van der Waals surface area (Å²) in [7, 11) is 0. The summed E-state index contributed by atoms with van der Waals surface area (Å²) >= 11 is 7.40. The molecular formula is C21H28ClN3O2S. The molecule has 1 N–H and O–H groups in total. The Hall–Kier alpha value is -1.53. The molecule has 1 saturated carbocycles. The number of nitrogens with one attached hydrogen (secondary N) is 1. The molecule has 152 valence electrons. The smallest absolute Gasteiger partial charge is 0.262 e. The molecule has 1 aromatic heterocycles. The molecule has 0 spiro atoms. The van der Waals surface area contributed by atoms with E-state index >= 15 is 0 Å². The lowest BCUT2D eigenvalue weighted by molar-refractivity contribution is -0.119.